The van der Waals surface area contributed by atoms with E-state index < -0.39 is 5.97 Å². The number of hydrogen-bond donors (Lipinski definition) is 0. The first-order chi connectivity index (χ1) is 7.63. The maximum Gasteiger partial charge on any atom is 0.339 e. The van der Waals surface area contributed by atoms with E-state index in [1.54, 1.807) is 24.4 Å². The highest BCUT2D eigenvalue weighted by Gasteiger charge is 2.13. The molecule has 16 heavy (non-hydrogen) atoms. The lowest BCUT2D eigenvalue weighted by molar-refractivity contribution is 0.0600. The van der Waals surface area contributed by atoms with E-state index in [-0.39, 0.29) is 0 Å². The largest absolute Gasteiger partial charge is 0.465 e. The van der Waals surface area contributed by atoms with Crippen LogP contribution in [0.15, 0.2) is 28.9 Å². The number of hydrogen-bond acceptors (Lipinski definition) is 3. The molecular weight excluding hydrogens is 293 g/mol. The number of halogens is 2. The molecule has 2 aromatic rings. The molecule has 0 bridgehead atoms. The topological polar surface area (TPSA) is 39.2 Å². The summed E-state index contributed by atoms with van der Waals surface area (Å²) in [7, 11) is 1.34. The van der Waals surface area contributed by atoms with Crippen molar-refractivity contribution in [3.8, 4) is 0 Å². The van der Waals surface area contributed by atoms with Gasteiger partial charge < -0.3 is 4.74 Å². The van der Waals surface area contributed by atoms with Gasteiger partial charge in [-0.1, -0.05) is 11.6 Å². The Morgan fingerprint density at radius 1 is 1.50 bits per heavy atom. The molecule has 0 radical (unpaired) electrons. The Hall–Kier alpha value is -1.13. The first-order valence-electron chi connectivity index (χ1n) is 4.45. The van der Waals surface area contributed by atoms with Crippen LogP contribution in [0.2, 0.25) is 5.02 Å². The Morgan fingerprint density at radius 2 is 2.25 bits per heavy atom. The molecule has 2 rings (SSSR count). The van der Waals surface area contributed by atoms with Crippen molar-refractivity contribution in [2.24, 2.45) is 0 Å². The van der Waals surface area contributed by atoms with Crippen molar-refractivity contribution in [3.63, 3.8) is 0 Å². The Balaban J connectivity index is 2.74. The number of esters is 1. The molecule has 0 saturated carbocycles. The molecule has 0 aliphatic carbocycles. The third-order valence-corrected chi connectivity index (χ3v) is 3.17. The predicted molar refractivity (Wildman–Crippen MR) is 65.8 cm³/mol. The van der Waals surface area contributed by atoms with Crippen LogP contribution in [0.3, 0.4) is 0 Å². The summed E-state index contributed by atoms with van der Waals surface area (Å²) in [5, 5.41) is 1.29. The minimum atomic E-state index is -0.409. The van der Waals surface area contributed by atoms with Gasteiger partial charge in [0.25, 0.3) is 0 Å². The molecule has 0 aliphatic rings. The van der Waals surface area contributed by atoms with Crippen molar-refractivity contribution in [1.82, 2.24) is 4.98 Å². The SMILES string of the molecule is COC(=O)c1cc2c(Cl)ccnc2cc1Br. The number of nitrogens with zero attached hydrogens (tertiary/aromatic N) is 1. The lowest BCUT2D eigenvalue weighted by Crippen LogP contribution is -2.02. The first kappa shape index (κ1) is 11.4. The third kappa shape index (κ3) is 1.90. The van der Waals surface area contributed by atoms with Crippen molar-refractivity contribution in [2.75, 3.05) is 7.11 Å². The zero-order chi connectivity index (χ0) is 11.7. The molecule has 0 spiro atoms. The highest BCUT2D eigenvalue weighted by atomic mass is 79.9. The van der Waals surface area contributed by atoms with Gasteiger partial charge in [-0.15, -0.1) is 0 Å². The van der Waals surface area contributed by atoms with E-state index in [1.165, 1.54) is 7.11 Å². The summed E-state index contributed by atoms with van der Waals surface area (Å²) >= 11 is 9.32. The molecule has 1 aromatic heterocycles. The molecular formula is C11H7BrClNO2. The fourth-order valence-corrected chi connectivity index (χ4v) is 2.10. The number of rotatable bonds is 1. The molecule has 0 aliphatic heterocycles. The number of fused-ring (bicyclic) bond motifs is 1. The standard InChI is InChI=1S/C11H7BrClNO2/c1-16-11(15)6-4-7-9(13)2-3-14-10(7)5-8(6)12/h2-5H,1H3. The molecule has 0 unspecified atom stereocenters. The van der Waals surface area contributed by atoms with E-state index in [2.05, 4.69) is 25.7 Å². The molecule has 0 fully saturated rings. The van der Waals surface area contributed by atoms with E-state index >= 15 is 0 Å². The van der Waals surface area contributed by atoms with Gasteiger partial charge in [0.1, 0.15) is 0 Å². The number of pyridine rings is 1. The monoisotopic (exact) mass is 299 g/mol. The highest BCUT2D eigenvalue weighted by Crippen LogP contribution is 2.28. The molecule has 1 heterocycles. The van der Waals surface area contributed by atoms with E-state index in [0.717, 1.165) is 10.9 Å². The zero-order valence-electron chi connectivity index (χ0n) is 8.33. The number of ether oxygens (including phenoxy) is 1. The van der Waals surface area contributed by atoms with Crippen molar-refractivity contribution >= 4 is 44.4 Å². The van der Waals surface area contributed by atoms with Gasteiger partial charge in [-0.25, -0.2) is 4.79 Å². The molecule has 82 valence electrons. The van der Waals surface area contributed by atoms with Crippen molar-refractivity contribution < 1.29 is 9.53 Å². The minimum Gasteiger partial charge on any atom is -0.465 e. The Bertz CT molecular complexity index is 571. The first-order valence-corrected chi connectivity index (χ1v) is 5.62. The Labute approximate surface area is 106 Å². The highest BCUT2D eigenvalue weighted by molar-refractivity contribution is 9.10. The van der Waals surface area contributed by atoms with Crippen LogP contribution < -0.4 is 0 Å². The third-order valence-electron chi connectivity index (χ3n) is 2.18. The maximum atomic E-state index is 11.5. The molecule has 5 heteroatoms. The summed E-state index contributed by atoms with van der Waals surface area (Å²) in [6, 6.07) is 5.09. The summed E-state index contributed by atoms with van der Waals surface area (Å²) in [4.78, 5) is 15.6. The fraction of sp³-hybridized carbons (Fsp3) is 0.0909. The van der Waals surface area contributed by atoms with Gasteiger partial charge in [-0.05, 0) is 34.1 Å². The van der Waals surface area contributed by atoms with Crippen LogP contribution in [-0.2, 0) is 4.74 Å². The lowest BCUT2D eigenvalue weighted by atomic mass is 10.1. The van der Waals surface area contributed by atoms with Gasteiger partial charge >= 0.3 is 5.97 Å². The summed E-state index contributed by atoms with van der Waals surface area (Å²) in [6.07, 6.45) is 1.62. The second-order valence-electron chi connectivity index (χ2n) is 3.13. The quantitative estimate of drug-likeness (QED) is 0.757. The Kier molecular flexibility index (Phi) is 3.12. The maximum absolute atomic E-state index is 11.5. The van der Waals surface area contributed by atoms with Crippen molar-refractivity contribution in [2.45, 2.75) is 0 Å². The second kappa shape index (κ2) is 4.39. The normalized spacial score (nSPS) is 10.4. The van der Waals surface area contributed by atoms with E-state index in [0.29, 0.717) is 15.1 Å². The van der Waals surface area contributed by atoms with Crippen LogP contribution in [0.5, 0.6) is 0 Å². The molecule has 0 N–H and O–H groups in total. The number of aromatic nitrogens is 1. The zero-order valence-corrected chi connectivity index (χ0v) is 10.7. The fourth-order valence-electron chi connectivity index (χ4n) is 1.40. The number of benzene rings is 1. The summed E-state index contributed by atoms with van der Waals surface area (Å²) in [6.45, 7) is 0. The van der Waals surface area contributed by atoms with Gasteiger partial charge in [0.15, 0.2) is 0 Å². The molecule has 0 saturated heterocycles. The lowest BCUT2D eigenvalue weighted by Gasteiger charge is -2.05. The molecule has 0 amide bonds. The average molecular weight is 301 g/mol. The van der Waals surface area contributed by atoms with Crippen LogP contribution >= 0.6 is 27.5 Å². The average Bonchev–Trinajstić information content (AvgIpc) is 2.28. The second-order valence-corrected chi connectivity index (χ2v) is 4.40. The van der Waals surface area contributed by atoms with Gasteiger partial charge in [-0.3, -0.25) is 4.98 Å². The summed E-state index contributed by atoms with van der Waals surface area (Å²) < 4.78 is 5.31. The molecule has 0 atom stereocenters. The van der Waals surface area contributed by atoms with Crippen LogP contribution in [0.4, 0.5) is 0 Å². The van der Waals surface area contributed by atoms with Crippen LogP contribution in [0, 0.1) is 0 Å². The predicted octanol–water partition coefficient (Wildman–Crippen LogP) is 3.44. The van der Waals surface area contributed by atoms with Crippen LogP contribution in [-0.4, -0.2) is 18.1 Å². The number of carbonyl (C=O) groups is 1. The van der Waals surface area contributed by atoms with Gasteiger partial charge in [0.2, 0.25) is 0 Å². The Morgan fingerprint density at radius 3 is 2.94 bits per heavy atom. The smallest absolute Gasteiger partial charge is 0.339 e. The molecule has 1 aromatic carbocycles. The summed E-state index contributed by atoms with van der Waals surface area (Å²) in [5.41, 5.74) is 1.16. The van der Waals surface area contributed by atoms with Gasteiger partial charge in [-0.2, -0.15) is 0 Å². The van der Waals surface area contributed by atoms with Gasteiger partial charge in [0.05, 0.1) is 23.2 Å². The van der Waals surface area contributed by atoms with Crippen LogP contribution in [0.1, 0.15) is 10.4 Å². The molecule has 3 nitrogen and oxygen atoms in total. The van der Waals surface area contributed by atoms with E-state index in [9.17, 15) is 4.79 Å². The number of methoxy groups -OCH3 is 1. The summed E-state index contributed by atoms with van der Waals surface area (Å²) in [5.74, 6) is -0.409. The van der Waals surface area contributed by atoms with Crippen molar-refractivity contribution in [3.05, 3.63) is 39.5 Å². The minimum absolute atomic E-state index is 0.409. The van der Waals surface area contributed by atoms with Crippen molar-refractivity contribution in [1.29, 1.82) is 0 Å². The van der Waals surface area contributed by atoms with E-state index in [1.807, 2.05) is 0 Å². The van der Waals surface area contributed by atoms with Crippen LogP contribution in [0.25, 0.3) is 10.9 Å². The van der Waals surface area contributed by atoms with Gasteiger partial charge in [0, 0.05) is 16.1 Å². The van der Waals surface area contributed by atoms with E-state index in [4.69, 9.17) is 11.6 Å². The number of carbonyl (C=O) groups excluding carboxylic acids is 1.